The first-order chi connectivity index (χ1) is 18.1. The summed E-state index contributed by atoms with van der Waals surface area (Å²) in [7, 11) is 0. The number of hydrogen-bond acceptors (Lipinski definition) is 7. The standard InChI is InChI=1S/C29H27N3O5/c1-2-35-24-12-8-21(9-13-24)26-16-17-28(32-31-26)36-19-18-30-27(33)20-37-25-14-10-23(11-15-25)29(34)22-6-4-3-5-7-22/h3-17H,2,18-20H2,1H3,(H,30,33). The molecule has 37 heavy (non-hydrogen) atoms. The van der Waals surface area contributed by atoms with Crippen molar-refractivity contribution >= 4 is 11.7 Å². The van der Waals surface area contributed by atoms with Crippen molar-refractivity contribution in [2.24, 2.45) is 0 Å². The molecule has 4 rings (SSSR count). The Labute approximate surface area is 215 Å². The Morgan fingerprint density at radius 2 is 1.41 bits per heavy atom. The monoisotopic (exact) mass is 497 g/mol. The van der Waals surface area contributed by atoms with E-state index in [1.165, 1.54) is 0 Å². The van der Waals surface area contributed by atoms with Crippen LogP contribution in [0.3, 0.4) is 0 Å². The van der Waals surface area contributed by atoms with Gasteiger partial charge in [-0.15, -0.1) is 10.2 Å². The summed E-state index contributed by atoms with van der Waals surface area (Å²) in [6.45, 7) is 2.93. The molecule has 0 aliphatic heterocycles. The van der Waals surface area contributed by atoms with Gasteiger partial charge in [-0.05, 0) is 61.5 Å². The van der Waals surface area contributed by atoms with E-state index in [4.69, 9.17) is 14.2 Å². The molecule has 1 amide bonds. The van der Waals surface area contributed by atoms with Crippen LogP contribution in [-0.4, -0.2) is 48.3 Å². The molecule has 8 nitrogen and oxygen atoms in total. The lowest BCUT2D eigenvalue weighted by Crippen LogP contribution is -2.32. The van der Waals surface area contributed by atoms with Crippen LogP contribution in [0.4, 0.5) is 0 Å². The Hall–Kier alpha value is -4.72. The Morgan fingerprint density at radius 3 is 2.08 bits per heavy atom. The predicted molar refractivity (Wildman–Crippen MR) is 139 cm³/mol. The summed E-state index contributed by atoms with van der Waals surface area (Å²) >= 11 is 0. The van der Waals surface area contributed by atoms with Crippen LogP contribution in [0, 0.1) is 0 Å². The minimum Gasteiger partial charge on any atom is -0.494 e. The van der Waals surface area contributed by atoms with Crippen molar-refractivity contribution in [1.82, 2.24) is 15.5 Å². The molecule has 0 unspecified atom stereocenters. The van der Waals surface area contributed by atoms with E-state index < -0.39 is 0 Å². The van der Waals surface area contributed by atoms with Crippen molar-refractivity contribution < 1.29 is 23.8 Å². The zero-order valence-electron chi connectivity index (χ0n) is 20.4. The number of aromatic nitrogens is 2. The number of amides is 1. The second-order valence-electron chi connectivity index (χ2n) is 7.92. The van der Waals surface area contributed by atoms with E-state index in [1.54, 1.807) is 42.5 Å². The molecular formula is C29H27N3O5. The van der Waals surface area contributed by atoms with Crippen molar-refractivity contribution in [2.45, 2.75) is 6.92 Å². The fraction of sp³-hybridized carbons (Fsp3) is 0.172. The Bertz CT molecular complexity index is 1290. The molecule has 0 fully saturated rings. The van der Waals surface area contributed by atoms with E-state index in [9.17, 15) is 9.59 Å². The van der Waals surface area contributed by atoms with Crippen LogP contribution in [0.1, 0.15) is 22.8 Å². The van der Waals surface area contributed by atoms with Gasteiger partial charge < -0.3 is 19.5 Å². The second kappa shape index (κ2) is 12.8. The van der Waals surface area contributed by atoms with Crippen molar-refractivity contribution in [2.75, 3.05) is 26.4 Å². The van der Waals surface area contributed by atoms with E-state index in [0.29, 0.717) is 29.4 Å². The zero-order valence-corrected chi connectivity index (χ0v) is 20.4. The molecule has 0 aliphatic rings. The maximum Gasteiger partial charge on any atom is 0.258 e. The first-order valence-electron chi connectivity index (χ1n) is 11.9. The highest BCUT2D eigenvalue weighted by atomic mass is 16.5. The van der Waals surface area contributed by atoms with Gasteiger partial charge in [0, 0.05) is 22.8 Å². The van der Waals surface area contributed by atoms with Crippen LogP contribution in [0.5, 0.6) is 17.4 Å². The molecule has 0 saturated heterocycles. The lowest BCUT2D eigenvalue weighted by Gasteiger charge is -2.09. The summed E-state index contributed by atoms with van der Waals surface area (Å²) < 4.78 is 16.5. The van der Waals surface area contributed by atoms with Gasteiger partial charge >= 0.3 is 0 Å². The number of ketones is 1. The van der Waals surface area contributed by atoms with Gasteiger partial charge in [0.15, 0.2) is 12.4 Å². The number of benzene rings is 3. The molecule has 0 atom stereocenters. The lowest BCUT2D eigenvalue weighted by molar-refractivity contribution is -0.123. The molecule has 0 spiro atoms. The Balaban J connectivity index is 1.15. The molecular weight excluding hydrogens is 470 g/mol. The van der Waals surface area contributed by atoms with Gasteiger partial charge in [0.05, 0.1) is 18.8 Å². The summed E-state index contributed by atoms with van der Waals surface area (Å²) in [5.41, 5.74) is 2.81. The number of hydrogen-bond donors (Lipinski definition) is 1. The Kier molecular flexibility index (Phi) is 8.80. The van der Waals surface area contributed by atoms with E-state index >= 15 is 0 Å². The number of nitrogens with zero attached hydrogens (tertiary/aromatic N) is 2. The first kappa shape index (κ1) is 25.4. The third kappa shape index (κ3) is 7.38. The zero-order chi connectivity index (χ0) is 25.9. The molecule has 0 aliphatic carbocycles. The molecule has 1 aromatic heterocycles. The van der Waals surface area contributed by atoms with Gasteiger partial charge in [0.25, 0.3) is 5.91 Å². The van der Waals surface area contributed by atoms with Crippen LogP contribution >= 0.6 is 0 Å². The van der Waals surface area contributed by atoms with Crippen LogP contribution in [-0.2, 0) is 4.79 Å². The van der Waals surface area contributed by atoms with E-state index in [-0.39, 0.29) is 31.4 Å². The molecule has 1 heterocycles. The number of rotatable bonds is 12. The average Bonchev–Trinajstić information content (AvgIpc) is 2.95. The molecule has 0 bridgehead atoms. The predicted octanol–water partition coefficient (Wildman–Crippen LogP) is 4.35. The first-order valence-corrected chi connectivity index (χ1v) is 11.9. The lowest BCUT2D eigenvalue weighted by atomic mass is 10.0. The molecule has 4 aromatic rings. The minimum absolute atomic E-state index is 0.0691. The fourth-order valence-electron chi connectivity index (χ4n) is 3.44. The van der Waals surface area contributed by atoms with Gasteiger partial charge in [-0.1, -0.05) is 30.3 Å². The highest BCUT2D eigenvalue weighted by molar-refractivity contribution is 6.09. The molecule has 3 aromatic carbocycles. The fourth-order valence-corrected chi connectivity index (χ4v) is 3.44. The normalized spacial score (nSPS) is 10.4. The minimum atomic E-state index is -0.287. The number of carbonyl (C=O) groups excluding carboxylic acids is 2. The van der Waals surface area contributed by atoms with Crippen molar-refractivity contribution in [3.8, 4) is 28.6 Å². The summed E-state index contributed by atoms with van der Waals surface area (Å²) in [5.74, 6) is 1.31. The second-order valence-corrected chi connectivity index (χ2v) is 7.92. The van der Waals surface area contributed by atoms with Gasteiger partial charge in [-0.25, -0.2) is 0 Å². The van der Waals surface area contributed by atoms with Crippen LogP contribution in [0.15, 0.2) is 91.0 Å². The third-order valence-electron chi connectivity index (χ3n) is 5.30. The molecule has 0 saturated carbocycles. The molecule has 188 valence electrons. The maximum atomic E-state index is 12.5. The van der Waals surface area contributed by atoms with Gasteiger partial charge in [0.1, 0.15) is 18.1 Å². The Morgan fingerprint density at radius 1 is 0.730 bits per heavy atom. The largest absolute Gasteiger partial charge is 0.494 e. The average molecular weight is 498 g/mol. The quantitative estimate of drug-likeness (QED) is 0.229. The van der Waals surface area contributed by atoms with Crippen LogP contribution in [0.2, 0.25) is 0 Å². The molecule has 1 N–H and O–H groups in total. The summed E-state index contributed by atoms with van der Waals surface area (Å²) in [5, 5.41) is 11.0. The molecule has 8 heteroatoms. The number of nitrogens with one attached hydrogen (secondary N) is 1. The maximum absolute atomic E-state index is 12.5. The van der Waals surface area contributed by atoms with Crippen LogP contribution in [0.25, 0.3) is 11.3 Å². The van der Waals surface area contributed by atoms with E-state index in [2.05, 4.69) is 15.5 Å². The van der Waals surface area contributed by atoms with Crippen molar-refractivity contribution in [1.29, 1.82) is 0 Å². The van der Waals surface area contributed by atoms with E-state index in [0.717, 1.165) is 17.0 Å². The van der Waals surface area contributed by atoms with Crippen molar-refractivity contribution in [3.63, 3.8) is 0 Å². The van der Waals surface area contributed by atoms with Gasteiger partial charge in [-0.3, -0.25) is 9.59 Å². The smallest absolute Gasteiger partial charge is 0.258 e. The highest BCUT2D eigenvalue weighted by Gasteiger charge is 2.09. The number of ether oxygens (including phenoxy) is 3. The van der Waals surface area contributed by atoms with Gasteiger partial charge in [-0.2, -0.15) is 0 Å². The van der Waals surface area contributed by atoms with E-state index in [1.807, 2.05) is 55.5 Å². The van der Waals surface area contributed by atoms with Crippen molar-refractivity contribution in [3.05, 3.63) is 102 Å². The summed E-state index contributed by atoms with van der Waals surface area (Å²) in [6, 6.07) is 26.9. The SMILES string of the molecule is CCOc1ccc(-c2ccc(OCCNC(=O)COc3ccc(C(=O)c4ccccc4)cc3)nn2)cc1. The molecule has 0 radical (unpaired) electrons. The summed E-state index contributed by atoms with van der Waals surface area (Å²) in [6.07, 6.45) is 0. The van der Waals surface area contributed by atoms with Gasteiger partial charge in [0.2, 0.25) is 5.88 Å². The van der Waals surface area contributed by atoms with Crippen LogP contribution < -0.4 is 19.5 Å². The number of carbonyl (C=O) groups is 2. The summed E-state index contributed by atoms with van der Waals surface area (Å²) in [4.78, 5) is 24.5. The highest BCUT2D eigenvalue weighted by Crippen LogP contribution is 2.21. The third-order valence-corrected chi connectivity index (χ3v) is 5.30. The topological polar surface area (TPSA) is 99.6 Å².